The normalized spacial score (nSPS) is 26.5. The quantitative estimate of drug-likeness (QED) is 0.311. The molecule has 1 amide bonds. The van der Waals surface area contributed by atoms with E-state index in [0.29, 0.717) is 50.3 Å². The molecule has 2 aliphatic heterocycles. The summed E-state index contributed by atoms with van der Waals surface area (Å²) in [6.45, 7) is 12.4. The van der Waals surface area contributed by atoms with Crippen LogP contribution >= 0.6 is 11.3 Å². The van der Waals surface area contributed by atoms with Gasteiger partial charge in [0.25, 0.3) is 6.02 Å². The Morgan fingerprint density at radius 2 is 1.77 bits per heavy atom. The summed E-state index contributed by atoms with van der Waals surface area (Å²) >= 11 is 1.68. The molecule has 2 fully saturated rings. The van der Waals surface area contributed by atoms with Crippen molar-refractivity contribution in [3.05, 3.63) is 58.3 Å². The lowest BCUT2D eigenvalue weighted by molar-refractivity contribution is -0.145. The zero-order valence-electron chi connectivity index (χ0n) is 27.3. The molecule has 44 heavy (non-hydrogen) atoms. The second-order valence-corrected chi connectivity index (χ2v) is 14.9. The maximum atomic E-state index is 14.5. The summed E-state index contributed by atoms with van der Waals surface area (Å²) in [5.74, 6) is 1.96. The van der Waals surface area contributed by atoms with E-state index in [-0.39, 0.29) is 35.9 Å². The summed E-state index contributed by atoms with van der Waals surface area (Å²) in [7, 11) is 0. The Balaban J connectivity index is 1.32. The first-order chi connectivity index (χ1) is 21.2. The highest BCUT2D eigenvalue weighted by molar-refractivity contribution is 7.09. The van der Waals surface area contributed by atoms with E-state index in [9.17, 15) is 9.59 Å². The maximum absolute atomic E-state index is 14.5. The van der Waals surface area contributed by atoms with Gasteiger partial charge in [-0.2, -0.15) is 0 Å². The molecular weight excluding hydrogens is 568 g/mol. The number of aliphatic imine (C=N–C) groups is 1. The minimum atomic E-state index is -0.526. The van der Waals surface area contributed by atoms with Crippen LogP contribution in [0.5, 0.6) is 0 Å². The fraction of sp³-hybridized carbons (Fsp3) is 0.639. The second kappa shape index (κ2) is 15.0. The van der Waals surface area contributed by atoms with Crippen LogP contribution in [0.25, 0.3) is 0 Å². The van der Waals surface area contributed by atoms with Gasteiger partial charge < -0.3 is 19.9 Å². The molecule has 8 heteroatoms. The molecule has 240 valence electrons. The Morgan fingerprint density at radius 1 is 1.02 bits per heavy atom. The van der Waals surface area contributed by atoms with Crippen molar-refractivity contribution in [3.8, 4) is 0 Å². The lowest BCUT2D eigenvalue weighted by Crippen LogP contribution is -2.64. The number of thiophene rings is 1. The number of amides is 1. The molecule has 1 saturated carbocycles. The third-order valence-electron chi connectivity index (χ3n) is 9.56. The molecule has 0 radical (unpaired) electrons. The average molecular weight is 621 g/mol. The van der Waals surface area contributed by atoms with Crippen LogP contribution in [0.2, 0.25) is 0 Å². The molecule has 7 nitrogen and oxygen atoms in total. The van der Waals surface area contributed by atoms with Crippen LogP contribution in [0.1, 0.15) is 89.7 Å². The van der Waals surface area contributed by atoms with Crippen LogP contribution in [-0.2, 0) is 20.7 Å². The van der Waals surface area contributed by atoms with E-state index in [0.717, 1.165) is 24.3 Å². The highest BCUT2D eigenvalue weighted by atomic mass is 32.1. The topological polar surface area (TPSA) is 74.2 Å². The van der Waals surface area contributed by atoms with Gasteiger partial charge in [0.2, 0.25) is 5.91 Å². The van der Waals surface area contributed by atoms with Gasteiger partial charge >= 0.3 is 0 Å². The molecule has 5 rings (SSSR count). The lowest BCUT2D eigenvalue weighted by Gasteiger charge is -2.44. The molecule has 1 saturated heterocycles. The number of nitrogens with zero attached hydrogens (tertiary/aromatic N) is 3. The van der Waals surface area contributed by atoms with E-state index in [1.54, 1.807) is 11.3 Å². The molecule has 1 N–H and O–H groups in total. The van der Waals surface area contributed by atoms with Crippen molar-refractivity contribution in [2.75, 3.05) is 19.6 Å². The molecule has 1 aromatic heterocycles. The van der Waals surface area contributed by atoms with Gasteiger partial charge in [-0.05, 0) is 67.4 Å². The molecule has 0 bridgehead atoms. The van der Waals surface area contributed by atoms with Gasteiger partial charge in [0.05, 0.1) is 12.1 Å². The predicted molar refractivity (Wildman–Crippen MR) is 179 cm³/mol. The Bertz CT molecular complexity index is 1240. The summed E-state index contributed by atoms with van der Waals surface area (Å²) in [6, 6.07) is 14.3. The molecule has 3 heterocycles. The molecular formula is C36H52N4O3S. The fourth-order valence-electron chi connectivity index (χ4n) is 7.36. The summed E-state index contributed by atoms with van der Waals surface area (Å²) in [4.78, 5) is 38.5. The lowest BCUT2D eigenvalue weighted by atomic mass is 9.75. The molecule has 1 aliphatic carbocycles. The minimum absolute atomic E-state index is 0.0227. The largest absolute Gasteiger partial charge is 0.455 e. The fourth-order valence-corrected chi connectivity index (χ4v) is 8.07. The van der Waals surface area contributed by atoms with Gasteiger partial charge in [-0.1, -0.05) is 76.9 Å². The Kier molecular flexibility index (Phi) is 11.2. The number of piperazine rings is 1. The zero-order valence-corrected chi connectivity index (χ0v) is 28.1. The van der Waals surface area contributed by atoms with E-state index < -0.39 is 6.04 Å². The number of carbonyl (C=O) groups is 2. The standard InChI is InChI=1S/C36H52N4O3S/c1-24(2)22-27-13-15-28(16-14-27)33(37-25(3)4)35(42)40-20-19-39(23-31(40)32(41)18-17-30-12-9-21-44-30)36-38-26(5)34(43-36)29-10-7-6-8-11-29/h6-12,21,24-28,31,33-34,37H,13-20,22-23H2,1-5H3/t26-,27?,28?,31-,33+,34+/m0/s1. The van der Waals surface area contributed by atoms with Crippen LogP contribution in [0.3, 0.4) is 0 Å². The summed E-state index contributed by atoms with van der Waals surface area (Å²) in [5, 5.41) is 5.70. The van der Waals surface area contributed by atoms with E-state index in [1.165, 1.54) is 24.1 Å². The van der Waals surface area contributed by atoms with Crippen molar-refractivity contribution in [1.29, 1.82) is 0 Å². The number of benzene rings is 1. The zero-order chi connectivity index (χ0) is 31.2. The second-order valence-electron chi connectivity index (χ2n) is 13.8. The predicted octanol–water partition coefficient (Wildman–Crippen LogP) is 6.50. The van der Waals surface area contributed by atoms with Gasteiger partial charge in [0.1, 0.15) is 12.1 Å². The van der Waals surface area contributed by atoms with Crippen LogP contribution < -0.4 is 5.32 Å². The molecule has 3 aliphatic rings. The van der Waals surface area contributed by atoms with Crippen molar-refractivity contribution >= 4 is 29.0 Å². The summed E-state index contributed by atoms with van der Waals surface area (Å²) in [6.07, 6.45) is 6.73. The monoisotopic (exact) mass is 620 g/mol. The van der Waals surface area contributed by atoms with Crippen LogP contribution in [0.4, 0.5) is 0 Å². The van der Waals surface area contributed by atoms with Crippen molar-refractivity contribution in [3.63, 3.8) is 0 Å². The van der Waals surface area contributed by atoms with Crippen LogP contribution in [-0.4, -0.2) is 71.3 Å². The number of aryl methyl sites for hydroxylation is 1. The third kappa shape index (κ3) is 8.11. The van der Waals surface area contributed by atoms with Crippen LogP contribution in [0.15, 0.2) is 52.8 Å². The first-order valence-electron chi connectivity index (χ1n) is 16.9. The number of Topliss-reactive ketones (excluding diaryl/α,β-unsaturated/α-hetero) is 1. The summed E-state index contributed by atoms with van der Waals surface area (Å²) < 4.78 is 6.43. The molecule has 0 unspecified atom stereocenters. The van der Waals surface area contributed by atoms with Crippen molar-refractivity contribution in [2.45, 2.75) is 110 Å². The maximum Gasteiger partial charge on any atom is 0.288 e. The number of rotatable bonds is 11. The average Bonchev–Trinajstić information content (AvgIpc) is 3.68. The Hall–Kier alpha value is -2.71. The van der Waals surface area contributed by atoms with Gasteiger partial charge in [0, 0.05) is 37.0 Å². The van der Waals surface area contributed by atoms with Gasteiger partial charge in [-0.15, -0.1) is 11.3 Å². The SMILES string of the molecule is CC(C)CC1CCC([C@@H](NC(C)C)C(=O)N2CCN(C3=N[C@@H](C)[C@H](c4ccccc4)O3)C[C@H]2C(=O)CCc2cccs2)CC1. The molecule has 0 spiro atoms. The van der Waals surface area contributed by atoms with E-state index >= 15 is 0 Å². The number of carbonyl (C=O) groups excluding carboxylic acids is 2. The van der Waals surface area contributed by atoms with Crippen molar-refractivity contribution < 1.29 is 14.3 Å². The highest BCUT2D eigenvalue weighted by Gasteiger charge is 2.43. The number of ketones is 1. The number of hydrogen-bond donors (Lipinski definition) is 1. The van der Waals surface area contributed by atoms with E-state index in [2.05, 4.69) is 68.4 Å². The Morgan fingerprint density at radius 3 is 2.43 bits per heavy atom. The van der Waals surface area contributed by atoms with Gasteiger partial charge in [-0.25, -0.2) is 4.99 Å². The summed E-state index contributed by atoms with van der Waals surface area (Å²) in [5.41, 5.74) is 1.10. The number of amidine groups is 1. The molecule has 2 aromatic rings. The smallest absolute Gasteiger partial charge is 0.288 e. The van der Waals surface area contributed by atoms with Gasteiger partial charge in [0.15, 0.2) is 5.78 Å². The van der Waals surface area contributed by atoms with Crippen LogP contribution in [0, 0.1) is 17.8 Å². The van der Waals surface area contributed by atoms with E-state index in [1.807, 2.05) is 29.2 Å². The first kappa shape index (κ1) is 32.7. The van der Waals surface area contributed by atoms with E-state index in [4.69, 9.17) is 9.73 Å². The minimum Gasteiger partial charge on any atom is -0.455 e. The Labute approximate surface area is 268 Å². The number of ether oxygens (including phenoxy) is 1. The van der Waals surface area contributed by atoms with Gasteiger partial charge in [-0.3, -0.25) is 9.59 Å². The van der Waals surface area contributed by atoms with Crippen molar-refractivity contribution in [2.24, 2.45) is 22.7 Å². The molecule has 1 aromatic carbocycles. The first-order valence-corrected chi connectivity index (χ1v) is 17.7. The highest BCUT2D eigenvalue weighted by Crippen LogP contribution is 2.36. The van der Waals surface area contributed by atoms with Crippen molar-refractivity contribution in [1.82, 2.24) is 15.1 Å². The third-order valence-corrected chi connectivity index (χ3v) is 10.5. The number of nitrogens with one attached hydrogen (secondary N) is 1. The number of hydrogen-bond acceptors (Lipinski definition) is 7. The molecule has 4 atom stereocenters.